The summed E-state index contributed by atoms with van der Waals surface area (Å²) in [4.78, 5) is 15.0. The fourth-order valence-corrected chi connectivity index (χ4v) is 2.03. The molecule has 1 aromatic heterocycles. The average Bonchev–Trinajstić information content (AvgIpc) is 2.81. The van der Waals surface area contributed by atoms with E-state index in [4.69, 9.17) is 10.3 Å². The minimum Gasteiger partial charge on any atom is -0.495 e. The lowest BCUT2D eigenvalue weighted by Gasteiger charge is -2.04. The molecule has 0 atom stereocenters. The highest BCUT2D eigenvalue weighted by molar-refractivity contribution is 7.12. The van der Waals surface area contributed by atoms with E-state index in [1.165, 1.54) is 11.3 Å². The number of methoxy groups -OCH3 is 1. The molecule has 0 aromatic carbocycles. The van der Waals surface area contributed by atoms with Crippen LogP contribution in [0.4, 0.5) is 0 Å². The molecule has 6 nitrogen and oxygen atoms in total. The lowest BCUT2D eigenvalue weighted by molar-refractivity contribution is 0.0954. The van der Waals surface area contributed by atoms with E-state index in [0.717, 1.165) is 12.8 Å². The van der Waals surface area contributed by atoms with Gasteiger partial charge in [0.1, 0.15) is 10.6 Å². The van der Waals surface area contributed by atoms with Crippen LogP contribution >= 0.6 is 11.3 Å². The maximum absolute atomic E-state index is 11.7. The molecule has 0 spiro atoms. The highest BCUT2D eigenvalue weighted by atomic mass is 32.1. The first-order valence-electron chi connectivity index (χ1n) is 5.20. The summed E-state index contributed by atoms with van der Waals surface area (Å²) in [6.45, 7) is 1.04. The largest absolute Gasteiger partial charge is 0.495 e. The number of thiophene rings is 1. The summed E-state index contributed by atoms with van der Waals surface area (Å²) in [5.74, 6) is 0.474. The first kappa shape index (κ1) is 13.3. The Morgan fingerprint density at radius 1 is 1.65 bits per heavy atom. The van der Waals surface area contributed by atoms with Crippen LogP contribution in [0.1, 0.15) is 22.5 Å². The molecule has 0 fully saturated rings. The SMILES string of the molecule is COc1ccsc1C(=O)NCCCCN=[N+]=[N-]. The fourth-order valence-electron chi connectivity index (χ4n) is 1.26. The molecule has 17 heavy (non-hydrogen) atoms. The van der Waals surface area contributed by atoms with Crippen molar-refractivity contribution < 1.29 is 9.53 Å². The number of rotatable bonds is 7. The van der Waals surface area contributed by atoms with Crippen LogP contribution in [-0.2, 0) is 0 Å². The molecule has 1 rings (SSSR count). The summed E-state index contributed by atoms with van der Waals surface area (Å²) in [7, 11) is 1.54. The van der Waals surface area contributed by atoms with Crippen molar-refractivity contribution >= 4 is 17.2 Å². The van der Waals surface area contributed by atoms with Crippen LogP contribution in [0.15, 0.2) is 16.6 Å². The smallest absolute Gasteiger partial charge is 0.265 e. The molecule has 0 aliphatic rings. The number of hydrogen-bond donors (Lipinski definition) is 1. The summed E-state index contributed by atoms with van der Waals surface area (Å²) in [6, 6.07) is 1.77. The highest BCUT2D eigenvalue weighted by Gasteiger charge is 2.12. The van der Waals surface area contributed by atoms with Gasteiger partial charge in [0.25, 0.3) is 5.91 Å². The van der Waals surface area contributed by atoms with Crippen molar-refractivity contribution in [3.8, 4) is 5.75 Å². The maximum atomic E-state index is 11.7. The third-order valence-corrected chi connectivity index (χ3v) is 2.98. The predicted molar refractivity (Wildman–Crippen MR) is 66.5 cm³/mol. The van der Waals surface area contributed by atoms with E-state index in [1.54, 1.807) is 13.2 Å². The number of nitrogens with zero attached hydrogens (tertiary/aromatic N) is 3. The van der Waals surface area contributed by atoms with E-state index < -0.39 is 0 Å². The summed E-state index contributed by atoms with van der Waals surface area (Å²) in [5, 5.41) is 8.02. The molecule has 0 aliphatic carbocycles. The van der Waals surface area contributed by atoms with Crippen molar-refractivity contribution in [2.75, 3.05) is 20.2 Å². The van der Waals surface area contributed by atoms with Crippen molar-refractivity contribution in [3.63, 3.8) is 0 Å². The Morgan fingerprint density at radius 2 is 2.47 bits per heavy atom. The molecular weight excluding hydrogens is 240 g/mol. The summed E-state index contributed by atoms with van der Waals surface area (Å²) in [5.41, 5.74) is 8.07. The summed E-state index contributed by atoms with van der Waals surface area (Å²) >= 11 is 1.35. The third-order valence-electron chi connectivity index (χ3n) is 2.09. The maximum Gasteiger partial charge on any atom is 0.265 e. The van der Waals surface area contributed by atoms with Crippen molar-refractivity contribution in [1.82, 2.24) is 5.32 Å². The van der Waals surface area contributed by atoms with Crippen molar-refractivity contribution in [3.05, 3.63) is 26.8 Å². The Hall–Kier alpha value is -1.72. The van der Waals surface area contributed by atoms with Crippen LogP contribution in [0.3, 0.4) is 0 Å². The zero-order chi connectivity index (χ0) is 12.5. The molecule has 7 heteroatoms. The molecule has 0 radical (unpaired) electrons. The van der Waals surface area contributed by atoms with Gasteiger partial charge in [-0.15, -0.1) is 11.3 Å². The van der Waals surface area contributed by atoms with Gasteiger partial charge in [-0.3, -0.25) is 4.79 Å². The lowest BCUT2D eigenvalue weighted by Crippen LogP contribution is -2.24. The van der Waals surface area contributed by atoms with Gasteiger partial charge in [0.15, 0.2) is 0 Å². The third kappa shape index (κ3) is 4.34. The van der Waals surface area contributed by atoms with E-state index in [0.29, 0.717) is 23.7 Å². The molecule has 1 N–H and O–H groups in total. The van der Waals surface area contributed by atoms with Crippen LogP contribution in [0.5, 0.6) is 5.75 Å². The predicted octanol–water partition coefficient (Wildman–Crippen LogP) is 2.58. The Bertz CT molecular complexity index is 412. The summed E-state index contributed by atoms with van der Waals surface area (Å²) in [6.07, 6.45) is 1.56. The van der Waals surface area contributed by atoms with E-state index >= 15 is 0 Å². The molecule has 0 bridgehead atoms. The average molecular weight is 254 g/mol. The fraction of sp³-hybridized carbons (Fsp3) is 0.500. The van der Waals surface area contributed by atoms with Gasteiger partial charge in [-0.1, -0.05) is 5.11 Å². The number of amides is 1. The number of hydrogen-bond acceptors (Lipinski definition) is 4. The monoisotopic (exact) mass is 254 g/mol. The van der Waals surface area contributed by atoms with E-state index in [9.17, 15) is 4.79 Å². The molecule has 0 saturated heterocycles. The second-order valence-corrected chi connectivity index (χ2v) is 4.15. The van der Waals surface area contributed by atoms with E-state index in [-0.39, 0.29) is 5.91 Å². The lowest BCUT2D eigenvalue weighted by atomic mass is 10.3. The Kier molecular flexibility index (Phi) is 5.92. The molecule has 0 unspecified atom stereocenters. The van der Waals surface area contributed by atoms with Crippen LogP contribution in [0.25, 0.3) is 10.4 Å². The van der Waals surface area contributed by atoms with E-state index in [2.05, 4.69) is 15.3 Å². The van der Waals surface area contributed by atoms with Crippen LogP contribution in [0, 0.1) is 0 Å². The molecule has 1 heterocycles. The van der Waals surface area contributed by atoms with Crippen molar-refractivity contribution in [2.45, 2.75) is 12.8 Å². The number of unbranched alkanes of at least 4 members (excludes halogenated alkanes) is 1. The normalized spacial score (nSPS) is 9.47. The second-order valence-electron chi connectivity index (χ2n) is 3.24. The number of carbonyl (C=O) groups excluding carboxylic acids is 1. The quantitative estimate of drug-likeness (QED) is 0.351. The molecule has 1 aromatic rings. The Labute approximate surface area is 103 Å². The van der Waals surface area contributed by atoms with Crippen molar-refractivity contribution in [1.29, 1.82) is 0 Å². The number of carbonyl (C=O) groups is 1. The minimum absolute atomic E-state index is 0.124. The van der Waals surface area contributed by atoms with Gasteiger partial charge in [0.05, 0.1) is 7.11 Å². The second kappa shape index (κ2) is 7.54. The molecule has 0 aliphatic heterocycles. The van der Waals surface area contributed by atoms with Gasteiger partial charge in [0, 0.05) is 18.0 Å². The van der Waals surface area contributed by atoms with Crippen molar-refractivity contribution in [2.24, 2.45) is 5.11 Å². The topological polar surface area (TPSA) is 87.1 Å². The number of ether oxygens (including phenoxy) is 1. The van der Waals surface area contributed by atoms with Crippen LogP contribution in [-0.4, -0.2) is 26.1 Å². The van der Waals surface area contributed by atoms with Gasteiger partial charge in [-0.25, -0.2) is 0 Å². The Morgan fingerprint density at radius 3 is 3.18 bits per heavy atom. The minimum atomic E-state index is -0.124. The zero-order valence-corrected chi connectivity index (χ0v) is 10.4. The van der Waals surface area contributed by atoms with Crippen LogP contribution < -0.4 is 10.1 Å². The van der Waals surface area contributed by atoms with Gasteiger partial charge in [-0.2, -0.15) is 0 Å². The van der Waals surface area contributed by atoms with Crippen LogP contribution in [0.2, 0.25) is 0 Å². The van der Waals surface area contributed by atoms with Gasteiger partial charge >= 0.3 is 0 Å². The van der Waals surface area contributed by atoms with Gasteiger partial charge < -0.3 is 10.1 Å². The first-order valence-corrected chi connectivity index (χ1v) is 6.08. The Balaban J connectivity index is 2.28. The van der Waals surface area contributed by atoms with E-state index in [1.807, 2.05) is 5.38 Å². The zero-order valence-electron chi connectivity index (χ0n) is 9.55. The highest BCUT2D eigenvalue weighted by Crippen LogP contribution is 2.23. The molecular formula is C10H14N4O2S. The van der Waals surface area contributed by atoms with Gasteiger partial charge in [0.2, 0.25) is 0 Å². The molecule has 92 valence electrons. The molecule has 1 amide bonds. The van der Waals surface area contributed by atoms with Gasteiger partial charge in [-0.05, 0) is 29.8 Å². The first-order chi connectivity index (χ1) is 8.29. The molecule has 0 saturated carbocycles. The number of azide groups is 1. The number of nitrogens with one attached hydrogen (secondary N) is 1. The summed E-state index contributed by atoms with van der Waals surface area (Å²) < 4.78 is 5.06. The standard InChI is InChI=1S/C10H14N4O2S/c1-16-8-4-7-17-9(8)10(15)12-5-2-3-6-13-14-11/h4,7H,2-3,5-6H2,1H3,(H,12,15).